The molecule has 0 aromatic carbocycles. The Balaban J connectivity index is 2.23. The first kappa shape index (κ1) is 16.2. The highest BCUT2D eigenvalue weighted by atomic mass is 32.1. The fraction of sp³-hybridized carbons (Fsp3) is 0.667. The van der Waals surface area contributed by atoms with Crippen molar-refractivity contribution in [3.8, 4) is 0 Å². The number of rotatable bonds is 7. The van der Waals surface area contributed by atoms with Crippen molar-refractivity contribution in [2.45, 2.75) is 52.5 Å². The number of amides is 1. The monoisotopic (exact) mass is 282 g/mol. The fourth-order valence-electron chi connectivity index (χ4n) is 1.64. The summed E-state index contributed by atoms with van der Waals surface area (Å²) in [6, 6.07) is 4.38. The van der Waals surface area contributed by atoms with Crippen molar-refractivity contribution < 1.29 is 4.79 Å². The summed E-state index contributed by atoms with van der Waals surface area (Å²) in [5.74, 6) is 0.135. The molecule has 0 atom stereocenters. The molecule has 4 heteroatoms. The van der Waals surface area contributed by atoms with E-state index in [9.17, 15) is 4.79 Å². The van der Waals surface area contributed by atoms with E-state index >= 15 is 0 Å². The maximum Gasteiger partial charge on any atom is 0.221 e. The third-order valence-corrected chi connectivity index (χ3v) is 4.31. The van der Waals surface area contributed by atoms with Crippen molar-refractivity contribution in [2.75, 3.05) is 13.1 Å². The molecule has 108 valence electrons. The second kappa shape index (κ2) is 7.65. The molecule has 0 aliphatic carbocycles. The summed E-state index contributed by atoms with van der Waals surface area (Å²) in [5.41, 5.74) is 0.225. The van der Waals surface area contributed by atoms with Gasteiger partial charge in [0.15, 0.2) is 0 Å². The van der Waals surface area contributed by atoms with E-state index in [1.165, 1.54) is 9.75 Å². The van der Waals surface area contributed by atoms with Crippen molar-refractivity contribution in [2.24, 2.45) is 0 Å². The van der Waals surface area contributed by atoms with Crippen LogP contribution in [0.4, 0.5) is 0 Å². The Kier molecular flexibility index (Phi) is 6.52. The van der Waals surface area contributed by atoms with Gasteiger partial charge in [-0.05, 0) is 24.0 Å². The maximum absolute atomic E-state index is 11.4. The highest BCUT2D eigenvalue weighted by Gasteiger charge is 2.15. The largest absolute Gasteiger partial charge is 0.356 e. The normalized spacial score (nSPS) is 11.6. The van der Waals surface area contributed by atoms with E-state index in [4.69, 9.17) is 0 Å². The van der Waals surface area contributed by atoms with Gasteiger partial charge in [-0.1, -0.05) is 27.7 Å². The van der Waals surface area contributed by atoms with Crippen LogP contribution in [0.3, 0.4) is 0 Å². The lowest BCUT2D eigenvalue weighted by Crippen LogP contribution is -2.27. The Morgan fingerprint density at radius 3 is 2.58 bits per heavy atom. The third-order valence-electron chi connectivity index (χ3n) is 2.80. The number of thiophene rings is 1. The SMILES string of the molecule is CCCNC(=O)CCNCc1ccc(C(C)(C)C)s1. The van der Waals surface area contributed by atoms with Gasteiger partial charge in [0, 0.05) is 35.8 Å². The molecule has 0 aliphatic rings. The summed E-state index contributed by atoms with van der Waals surface area (Å²) in [5, 5.41) is 6.20. The summed E-state index contributed by atoms with van der Waals surface area (Å²) < 4.78 is 0. The summed E-state index contributed by atoms with van der Waals surface area (Å²) in [4.78, 5) is 14.1. The van der Waals surface area contributed by atoms with Crippen molar-refractivity contribution in [3.05, 3.63) is 21.9 Å². The Labute approximate surface area is 120 Å². The molecular formula is C15H26N2OS. The molecule has 1 heterocycles. The number of hydrogen-bond acceptors (Lipinski definition) is 3. The van der Waals surface area contributed by atoms with Crippen LogP contribution in [0.25, 0.3) is 0 Å². The topological polar surface area (TPSA) is 41.1 Å². The minimum atomic E-state index is 0.135. The molecular weight excluding hydrogens is 256 g/mol. The first-order valence-corrected chi connectivity index (χ1v) is 7.81. The van der Waals surface area contributed by atoms with Crippen LogP contribution in [0.1, 0.15) is 50.3 Å². The second-order valence-electron chi connectivity index (χ2n) is 5.79. The molecule has 0 fully saturated rings. The second-order valence-corrected chi connectivity index (χ2v) is 6.96. The van der Waals surface area contributed by atoms with Gasteiger partial charge in [-0.2, -0.15) is 0 Å². The molecule has 1 aromatic heterocycles. The number of carbonyl (C=O) groups is 1. The van der Waals surface area contributed by atoms with Gasteiger partial charge >= 0.3 is 0 Å². The third kappa shape index (κ3) is 6.21. The van der Waals surface area contributed by atoms with E-state index in [1.807, 2.05) is 11.3 Å². The summed E-state index contributed by atoms with van der Waals surface area (Å²) >= 11 is 1.85. The summed E-state index contributed by atoms with van der Waals surface area (Å²) in [6.07, 6.45) is 1.54. The van der Waals surface area contributed by atoms with Crippen LogP contribution < -0.4 is 10.6 Å². The van der Waals surface area contributed by atoms with Crippen LogP contribution in [0.15, 0.2) is 12.1 Å². The number of carbonyl (C=O) groups excluding carboxylic acids is 1. The van der Waals surface area contributed by atoms with Crippen molar-refractivity contribution in [1.29, 1.82) is 0 Å². The first-order chi connectivity index (χ1) is 8.93. The molecule has 0 saturated carbocycles. The molecule has 2 N–H and O–H groups in total. The van der Waals surface area contributed by atoms with Crippen LogP contribution in [-0.4, -0.2) is 19.0 Å². The zero-order valence-corrected chi connectivity index (χ0v) is 13.3. The van der Waals surface area contributed by atoms with Crippen LogP contribution in [0.2, 0.25) is 0 Å². The predicted octanol–water partition coefficient (Wildman–Crippen LogP) is 3.05. The molecule has 1 aromatic rings. The molecule has 0 spiro atoms. The smallest absolute Gasteiger partial charge is 0.221 e. The van der Waals surface area contributed by atoms with Gasteiger partial charge < -0.3 is 10.6 Å². The lowest BCUT2D eigenvalue weighted by molar-refractivity contribution is -0.120. The fourth-order valence-corrected chi connectivity index (χ4v) is 2.68. The van der Waals surface area contributed by atoms with Gasteiger partial charge in [0.25, 0.3) is 0 Å². The quantitative estimate of drug-likeness (QED) is 0.755. The van der Waals surface area contributed by atoms with Crippen LogP contribution in [0, 0.1) is 0 Å². The minimum absolute atomic E-state index is 0.135. The molecule has 0 unspecified atom stereocenters. The van der Waals surface area contributed by atoms with Gasteiger partial charge in [0.2, 0.25) is 5.91 Å². The molecule has 0 saturated heterocycles. The van der Waals surface area contributed by atoms with Crippen molar-refractivity contribution in [3.63, 3.8) is 0 Å². The molecule has 1 amide bonds. The molecule has 19 heavy (non-hydrogen) atoms. The Morgan fingerprint density at radius 1 is 1.26 bits per heavy atom. The molecule has 0 radical (unpaired) electrons. The Bertz CT molecular complexity index is 393. The van der Waals surface area contributed by atoms with E-state index in [1.54, 1.807) is 0 Å². The standard InChI is InChI=1S/C15H26N2OS/c1-5-9-17-14(18)8-10-16-11-12-6-7-13(19-12)15(2,3)4/h6-7,16H,5,8-11H2,1-4H3,(H,17,18). The molecule has 0 aliphatic heterocycles. The zero-order valence-electron chi connectivity index (χ0n) is 12.5. The number of hydrogen-bond donors (Lipinski definition) is 2. The van der Waals surface area contributed by atoms with Crippen molar-refractivity contribution in [1.82, 2.24) is 10.6 Å². The minimum Gasteiger partial charge on any atom is -0.356 e. The zero-order chi connectivity index (χ0) is 14.3. The van der Waals surface area contributed by atoms with E-state index in [0.717, 1.165) is 26.1 Å². The van der Waals surface area contributed by atoms with Gasteiger partial charge in [-0.3, -0.25) is 4.79 Å². The summed E-state index contributed by atoms with van der Waals surface area (Å²) in [7, 11) is 0. The van der Waals surface area contributed by atoms with Gasteiger partial charge in [-0.15, -0.1) is 11.3 Å². The summed E-state index contributed by atoms with van der Waals surface area (Å²) in [6.45, 7) is 11.1. The number of nitrogens with one attached hydrogen (secondary N) is 2. The lowest BCUT2D eigenvalue weighted by atomic mass is 9.95. The average molecular weight is 282 g/mol. The van der Waals surface area contributed by atoms with Crippen molar-refractivity contribution >= 4 is 17.2 Å². The van der Waals surface area contributed by atoms with Gasteiger partial charge in [0.1, 0.15) is 0 Å². The maximum atomic E-state index is 11.4. The lowest BCUT2D eigenvalue weighted by Gasteiger charge is -2.15. The Morgan fingerprint density at radius 2 is 2.00 bits per heavy atom. The van der Waals surface area contributed by atoms with Crippen LogP contribution in [-0.2, 0) is 16.8 Å². The Hall–Kier alpha value is -0.870. The van der Waals surface area contributed by atoms with E-state index < -0.39 is 0 Å². The molecule has 1 rings (SSSR count). The molecule has 0 bridgehead atoms. The van der Waals surface area contributed by atoms with E-state index in [-0.39, 0.29) is 11.3 Å². The highest BCUT2D eigenvalue weighted by molar-refractivity contribution is 7.12. The first-order valence-electron chi connectivity index (χ1n) is 7.00. The average Bonchev–Trinajstić information content (AvgIpc) is 2.80. The highest BCUT2D eigenvalue weighted by Crippen LogP contribution is 2.29. The van der Waals surface area contributed by atoms with E-state index in [0.29, 0.717) is 6.42 Å². The van der Waals surface area contributed by atoms with Crippen LogP contribution in [0.5, 0.6) is 0 Å². The van der Waals surface area contributed by atoms with E-state index in [2.05, 4.69) is 50.5 Å². The predicted molar refractivity (Wildman–Crippen MR) is 82.6 cm³/mol. The van der Waals surface area contributed by atoms with Crippen LogP contribution >= 0.6 is 11.3 Å². The van der Waals surface area contributed by atoms with Gasteiger partial charge in [-0.25, -0.2) is 0 Å². The van der Waals surface area contributed by atoms with Gasteiger partial charge in [0.05, 0.1) is 0 Å². The molecule has 3 nitrogen and oxygen atoms in total.